The number of rotatable bonds is 4. The van der Waals surface area contributed by atoms with E-state index in [0.29, 0.717) is 19.6 Å². The summed E-state index contributed by atoms with van der Waals surface area (Å²) in [5.74, 6) is -0.219. The molecule has 2 rings (SSSR count). The van der Waals surface area contributed by atoms with Gasteiger partial charge in [-0.15, -0.1) is 0 Å². The molecule has 1 unspecified atom stereocenters. The summed E-state index contributed by atoms with van der Waals surface area (Å²) < 4.78 is 0. The van der Waals surface area contributed by atoms with Crippen molar-refractivity contribution in [2.45, 2.75) is 38.3 Å². The van der Waals surface area contributed by atoms with Crippen LogP contribution in [-0.4, -0.2) is 42.1 Å². The zero-order valence-corrected chi connectivity index (χ0v) is 9.36. The zero-order chi connectivity index (χ0) is 11.5. The molecule has 0 aromatic rings. The second-order valence-corrected chi connectivity index (χ2v) is 4.21. The topological polar surface area (TPSA) is 70.7 Å². The van der Waals surface area contributed by atoms with Crippen molar-refractivity contribution < 1.29 is 14.4 Å². The molecule has 2 aliphatic rings. The Balaban J connectivity index is 1.88. The number of carbonyl (C=O) groups excluding carboxylic acids is 2. The van der Waals surface area contributed by atoms with Gasteiger partial charge in [-0.25, -0.2) is 10.3 Å². The summed E-state index contributed by atoms with van der Waals surface area (Å²) in [7, 11) is 0. The van der Waals surface area contributed by atoms with Gasteiger partial charge in [0.15, 0.2) is 0 Å². The average Bonchev–Trinajstić information content (AvgIpc) is 2.55. The molecule has 16 heavy (non-hydrogen) atoms. The fourth-order valence-electron chi connectivity index (χ4n) is 2.14. The van der Waals surface area contributed by atoms with Crippen LogP contribution in [0.5, 0.6) is 0 Å². The molecule has 2 bridgehead atoms. The Labute approximate surface area is 94.3 Å². The number of piperidine rings is 1. The lowest BCUT2D eigenvalue weighted by Gasteiger charge is -2.29. The van der Waals surface area contributed by atoms with Gasteiger partial charge in [-0.2, -0.15) is 0 Å². The van der Waals surface area contributed by atoms with E-state index in [4.69, 9.17) is 4.84 Å². The minimum Gasteiger partial charge on any atom is -0.333 e. The van der Waals surface area contributed by atoms with E-state index >= 15 is 0 Å². The summed E-state index contributed by atoms with van der Waals surface area (Å²) in [6.07, 6.45) is 2.40. The molecule has 0 aromatic heterocycles. The summed E-state index contributed by atoms with van der Waals surface area (Å²) >= 11 is 0. The van der Waals surface area contributed by atoms with Gasteiger partial charge in [0, 0.05) is 12.6 Å². The average molecular weight is 227 g/mol. The molecule has 0 aromatic carbocycles. The summed E-state index contributed by atoms with van der Waals surface area (Å²) in [6.45, 7) is 3.09. The van der Waals surface area contributed by atoms with E-state index in [9.17, 15) is 9.59 Å². The molecule has 2 aliphatic heterocycles. The lowest BCUT2D eigenvalue weighted by molar-refractivity contribution is -0.138. The lowest BCUT2D eigenvalue weighted by atomic mass is 10.0. The number of carbonyl (C=O) groups is 2. The smallest absolute Gasteiger partial charge is 0.318 e. The van der Waals surface area contributed by atoms with Crippen molar-refractivity contribution >= 4 is 11.9 Å². The fourth-order valence-corrected chi connectivity index (χ4v) is 2.14. The zero-order valence-electron chi connectivity index (χ0n) is 9.36. The summed E-state index contributed by atoms with van der Waals surface area (Å²) in [5.41, 5.74) is 2.40. The van der Waals surface area contributed by atoms with Gasteiger partial charge in [-0.3, -0.25) is 9.63 Å². The van der Waals surface area contributed by atoms with E-state index < -0.39 is 0 Å². The maximum absolute atomic E-state index is 11.7. The number of fused-ring (bicyclic) bond motifs is 2. The van der Waals surface area contributed by atoms with Crippen LogP contribution in [0.2, 0.25) is 0 Å². The Morgan fingerprint density at radius 3 is 3.19 bits per heavy atom. The molecule has 2 saturated heterocycles. The van der Waals surface area contributed by atoms with Crippen molar-refractivity contribution in [1.29, 1.82) is 0 Å². The maximum atomic E-state index is 11.7. The molecule has 6 nitrogen and oxygen atoms in total. The molecule has 3 amide bonds. The highest BCUT2D eigenvalue weighted by Gasteiger charge is 2.41. The molecule has 0 spiro atoms. The van der Waals surface area contributed by atoms with Crippen LogP contribution in [0.4, 0.5) is 4.79 Å². The van der Waals surface area contributed by atoms with Gasteiger partial charge in [0.1, 0.15) is 6.04 Å². The van der Waals surface area contributed by atoms with Crippen LogP contribution in [0.15, 0.2) is 0 Å². The predicted molar refractivity (Wildman–Crippen MR) is 56.4 cm³/mol. The van der Waals surface area contributed by atoms with E-state index in [0.717, 1.165) is 12.8 Å². The molecule has 0 radical (unpaired) electrons. The third kappa shape index (κ3) is 2.11. The van der Waals surface area contributed by atoms with Gasteiger partial charge in [-0.05, 0) is 19.3 Å². The van der Waals surface area contributed by atoms with E-state index in [2.05, 4.69) is 10.8 Å². The van der Waals surface area contributed by atoms with E-state index in [1.807, 2.05) is 6.92 Å². The van der Waals surface area contributed by atoms with Gasteiger partial charge < -0.3 is 10.2 Å². The largest absolute Gasteiger partial charge is 0.333 e. The summed E-state index contributed by atoms with van der Waals surface area (Å²) in [4.78, 5) is 29.8. The third-order valence-corrected chi connectivity index (χ3v) is 2.95. The Morgan fingerprint density at radius 1 is 1.62 bits per heavy atom. The van der Waals surface area contributed by atoms with E-state index in [1.54, 1.807) is 4.90 Å². The molecule has 2 heterocycles. The standard InChI is InChI=1S/C10H17N3O3/c1-2-5-16-12-9(14)8-4-3-7-6-13(8)10(15)11-7/h7-8H,2-6H2,1H3,(H,11,15)(H,12,14)/t7?,8-/m0/s1. The first-order valence-corrected chi connectivity index (χ1v) is 5.71. The normalized spacial score (nSPS) is 27.8. The van der Waals surface area contributed by atoms with Crippen molar-refractivity contribution in [3.8, 4) is 0 Å². The minimum atomic E-state index is -0.379. The molecule has 90 valence electrons. The molecule has 6 heteroatoms. The predicted octanol–water partition coefficient (Wildman–Crippen LogP) is 0.000400. The molecular weight excluding hydrogens is 210 g/mol. The first-order valence-electron chi connectivity index (χ1n) is 5.71. The van der Waals surface area contributed by atoms with Crippen molar-refractivity contribution in [3.05, 3.63) is 0 Å². The number of hydroxylamine groups is 1. The van der Waals surface area contributed by atoms with E-state index in [-0.39, 0.29) is 24.0 Å². The first kappa shape index (κ1) is 11.2. The quantitative estimate of drug-likeness (QED) is 0.524. The fraction of sp³-hybridized carbons (Fsp3) is 0.800. The van der Waals surface area contributed by atoms with Gasteiger partial charge in [0.25, 0.3) is 5.91 Å². The van der Waals surface area contributed by atoms with Crippen LogP contribution in [0.3, 0.4) is 0 Å². The van der Waals surface area contributed by atoms with Crippen molar-refractivity contribution in [1.82, 2.24) is 15.7 Å². The number of hydrogen-bond donors (Lipinski definition) is 2. The van der Waals surface area contributed by atoms with Crippen molar-refractivity contribution in [3.63, 3.8) is 0 Å². The Bertz CT molecular complexity index is 295. The van der Waals surface area contributed by atoms with Crippen LogP contribution in [0.1, 0.15) is 26.2 Å². The highest BCUT2D eigenvalue weighted by atomic mass is 16.6. The van der Waals surface area contributed by atoms with Crippen LogP contribution >= 0.6 is 0 Å². The molecular formula is C10H17N3O3. The highest BCUT2D eigenvalue weighted by molar-refractivity contribution is 5.88. The van der Waals surface area contributed by atoms with Crippen molar-refractivity contribution in [2.24, 2.45) is 0 Å². The van der Waals surface area contributed by atoms with Gasteiger partial charge in [0.2, 0.25) is 0 Å². The minimum absolute atomic E-state index is 0.141. The number of nitrogens with one attached hydrogen (secondary N) is 2. The monoisotopic (exact) mass is 227 g/mol. The van der Waals surface area contributed by atoms with Crippen LogP contribution in [0.25, 0.3) is 0 Å². The number of hydrogen-bond acceptors (Lipinski definition) is 3. The van der Waals surface area contributed by atoms with Gasteiger partial charge in [-0.1, -0.05) is 6.92 Å². The maximum Gasteiger partial charge on any atom is 0.318 e. The summed E-state index contributed by atoms with van der Waals surface area (Å²) in [5, 5.41) is 2.83. The van der Waals surface area contributed by atoms with E-state index in [1.165, 1.54) is 0 Å². The molecule has 0 saturated carbocycles. The Morgan fingerprint density at radius 2 is 2.44 bits per heavy atom. The van der Waals surface area contributed by atoms with Crippen LogP contribution in [0, 0.1) is 0 Å². The second-order valence-electron chi connectivity index (χ2n) is 4.21. The third-order valence-electron chi connectivity index (χ3n) is 2.95. The highest BCUT2D eigenvalue weighted by Crippen LogP contribution is 2.22. The first-order chi connectivity index (χ1) is 7.72. The van der Waals surface area contributed by atoms with Gasteiger partial charge in [0.05, 0.1) is 6.61 Å². The lowest BCUT2D eigenvalue weighted by Crippen LogP contribution is -2.49. The van der Waals surface area contributed by atoms with Crippen LogP contribution in [-0.2, 0) is 9.63 Å². The second kappa shape index (κ2) is 4.69. The van der Waals surface area contributed by atoms with Crippen molar-refractivity contribution in [2.75, 3.05) is 13.2 Å². The Hall–Kier alpha value is -1.30. The Kier molecular flexibility index (Phi) is 3.28. The SMILES string of the molecule is CCCONC(=O)[C@@H]1CCC2CN1C(=O)N2. The van der Waals surface area contributed by atoms with Crippen LogP contribution < -0.4 is 10.8 Å². The number of urea groups is 1. The van der Waals surface area contributed by atoms with Gasteiger partial charge >= 0.3 is 6.03 Å². The summed E-state index contributed by atoms with van der Waals surface area (Å²) in [6, 6.07) is -0.304. The molecule has 2 N–H and O–H groups in total. The molecule has 2 atom stereocenters. The molecule has 2 fully saturated rings. The number of nitrogens with zero attached hydrogens (tertiary/aromatic N) is 1. The number of amides is 3. The molecule has 0 aliphatic carbocycles.